The lowest BCUT2D eigenvalue weighted by Gasteiger charge is -2.24. The Morgan fingerprint density at radius 2 is 1.00 bits per heavy atom. The zero-order chi connectivity index (χ0) is 19.9. The maximum Gasteiger partial charge on any atom is 0.0625 e. The lowest BCUT2D eigenvalue weighted by atomic mass is 10.2. The van der Waals surface area contributed by atoms with Crippen LogP contribution >= 0.6 is 7.05 Å². The molecule has 0 aliphatic rings. The maximum atomic E-state index is 6.64. The minimum absolute atomic E-state index is 0.742. The molecule has 0 saturated heterocycles. The zero-order valence-corrected chi connectivity index (χ0v) is 17.0. The van der Waals surface area contributed by atoms with Crippen LogP contribution in [0.15, 0.2) is 132 Å². The fraction of sp³-hybridized carbons (Fsp3) is 0. The van der Waals surface area contributed by atoms with E-state index in [1.165, 1.54) is 10.6 Å². The first-order chi connectivity index (χ1) is 14.3. The van der Waals surface area contributed by atoms with E-state index in [2.05, 4.69) is 54.3 Å². The van der Waals surface area contributed by atoms with Crippen molar-refractivity contribution in [2.75, 3.05) is 0 Å². The summed E-state index contributed by atoms with van der Waals surface area (Å²) in [4.78, 5) is 0. The number of nitrogens with zero attached hydrogens (tertiary/aromatic N) is 1. The summed E-state index contributed by atoms with van der Waals surface area (Å²) in [5.41, 5.74) is 9.34. The van der Waals surface area contributed by atoms with Crippen LogP contribution in [-0.2, 0) is 0 Å². The van der Waals surface area contributed by atoms with Gasteiger partial charge in [-0.3, -0.25) is 4.74 Å². The van der Waals surface area contributed by atoms with Gasteiger partial charge in [0.15, 0.2) is 0 Å². The van der Waals surface area contributed by atoms with Crippen LogP contribution in [0.5, 0.6) is 0 Å². The molecule has 0 aliphatic heterocycles. The Kier molecular flexibility index (Phi) is 5.74. The topological polar surface area (TPSA) is 38.4 Å². The van der Waals surface area contributed by atoms with Gasteiger partial charge in [0.2, 0.25) is 0 Å². The van der Waals surface area contributed by atoms with Crippen LogP contribution in [0, 0.1) is 0 Å². The van der Waals surface area contributed by atoms with Crippen LogP contribution in [0.4, 0.5) is 5.69 Å². The Morgan fingerprint density at radius 3 is 1.48 bits per heavy atom. The smallest absolute Gasteiger partial charge is 0.0625 e. The van der Waals surface area contributed by atoms with Crippen LogP contribution in [0.3, 0.4) is 0 Å². The fourth-order valence-electron chi connectivity index (χ4n) is 3.34. The molecule has 0 spiro atoms. The van der Waals surface area contributed by atoms with Crippen molar-refractivity contribution in [1.82, 2.24) is 0 Å². The van der Waals surface area contributed by atoms with Gasteiger partial charge in [-0.1, -0.05) is 109 Å². The van der Waals surface area contributed by atoms with Gasteiger partial charge in [0.1, 0.15) is 0 Å². The molecule has 0 atom stereocenters. The first-order valence-corrected chi connectivity index (χ1v) is 11.4. The van der Waals surface area contributed by atoms with Gasteiger partial charge in [-0.05, 0) is 23.5 Å². The fourth-order valence-corrected chi connectivity index (χ4v) is 6.52. The van der Waals surface area contributed by atoms with Crippen molar-refractivity contribution in [2.24, 2.45) is 10.5 Å². The van der Waals surface area contributed by atoms with Crippen LogP contribution < -0.4 is 16.3 Å². The Balaban J connectivity index is 2.06. The normalized spacial score (nSPS) is 11.8. The third-order valence-electron chi connectivity index (χ3n) is 4.76. The van der Waals surface area contributed by atoms with Crippen LogP contribution in [0.25, 0.3) is 5.70 Å². The van der Waals surface area contributed by atoms with Gasteiger partial charge in [-0.2, -0.15) is 0 Å². The van der Waals surface area contributed by atoms with Gasteiger partial charge in [0, 0.05) is 16.3 Å². The first-order valence-electron chi connectivity index (χ1n) is 9.60. The molecule has 0 unspecified atom stereocenters. The van der Waals surface area contributed by atoms with E-state index in [9.17, 15) is 0 Å². The Morgan fingerprint density at radius 1 is 0.586 bits per heavy atom. The third kappa shape index (κ3) is 4.23. The summed E-state index contributed by atoms with van der Waals surface area (Å²) in [6, 6.07) is 41.2. The largest absolute Gasteiger partial charge is 0.398 e. The quantitative estimate of drug-likeness (QED) is 0.407. The molecule has 0 aromatic heterocycles. The van der Waals surface area contributed by atoms with E-state index < -0.39 is 7.05 Å². The van der Waals surface area contributed by atoms with Gasteiger partial charge in [-0.25, -0.2) is 0 Å². The second-order valence-corrected chi connectivity index (χ2v) is 9.60. The first kappa shape index (κ1) is 19.0. The molecule has 0 saturated carbocycles. The summed E-state index contributed by atoms with van der Waals surface area (Å²) in [6.45, 7) is 0. The molecule has 2 N–H and O–H groups in total. The summed E-state index contributed by atoms with van der Waals surface area (Å²) in [7, 11) is -2.31. The standard InChI is InChI=1S/C26H23N2P/c27-26(22-13-5-1-6-14-22)21-29(24-17-9-3-10-18-24,25-19-11-4-12-20-25)28-23-15-7-2-8-16-23/h1-21H,27H2. The van der Waals surface area contributed by atoms with E-state index in [4.69, 9.17) is 10.5 Å². The Labute approximate surface area is 172 Å². The van der Waals surface area contributed by atoms with Crippen LogP contribution in [0.2, 0.25) is 0 Å². The minimum atomic E-state index is -2.31. The van der Waals surface area contributed by atoms with E-state index in [1.54, 1.807) is 0 Å². The van der Waals surface area contributed by atoms with Crippen molar-refractivity contribution in [1.29, 1.82) is 0 Å². The van der Waals surface area contributed by atoms with E-state index in [-0.39, 0.29) is 0 Å². The Bertz CT molecular complexity index is 1090. The predicted molar refractivity (Wildman–Crippen MR) is 126 cm³/mol. The molecule has 4 aromatic rings. The molecule has 0 amide bonds. The maximum absolute atomic E-state index is 6.64. The SMILES string of the molecule is NC(=CP(=Nc1ccccc1)(c1ccccc1)c1ccccc1)c1ccccc1. The summed E-state index contributed by atoms with van der Waals surface area (Å²) in [5.74, 6) is 2.18. The lowest BCUT2D eigenvalue weighted by molar-refractivity contribution is 1.52. The number of nitrogens with two attached hydrogens (primary N) is 1. The van der Waals surface area contributed by atoms with E-state index in [0.717, 1.165) is 16.9 Å². The van der Waals surface area contributed by atoms with Gasteiger partial charge in [-0.15, -0.1) is 0 Å². The molecule has 0 fully saturated rings. The highest BCUT2D eigenvalue weighted by atomic mass is 31.2. The number of rotatable bonds is 5. The number of hydrogen-bond donors (Lipinski definition) is 1. The van der Waals surface area contributed by atoms with Crippen molar-refractivity contribution in [2.45, 2.75) is 0 Å². The van der Waals surface area contributed by atoms with Gasteiger partial charge in [0.25, 0.3) is 0 Å². The molecule has 4 rings (SSSR count). The molecule has 0 heterocycles. The minimum Gasteiger partial charge on any atom is -0.398 e. The molecule has 29 heavy (non-hydrogen) atoms. The highest BCUT2D eigenvalue weighted by molar-refractivity contribution is 7.83. The van der Waals surface area contributed by atoms with Crippen molar-refractivity contribution >= 4 is 29.0 Å². The molecule has 4 aromatic carbocycles. The van der Waals surface area contributed by atoms with E-state index >= 15 is 0 Å². The summed E-state index contributed by atoms with van der Waals surface area (Å²) in [5, 5.41) is 2.35. The summed E-state index contributed by atoms with van der Waals surface area (Å²) < 4.78 is 5.35. The molecule has 2 nitrogen and oxygen atoms in total. The van der Waals surface area contributed by atoms with Crippen LogP contribution in [0.1, 0.15) is 5.56 Å². The number of hydrogen-bond acceptors (Lipinski definition) is 2. The van der Waals surface area contributed by atoms with Gasteiger partial charge in [0.05, 0.1) is 12.7 Å². The molecule has 142 valence electrons. The lowest BCUT2D eigenvalue weighted by Crippen LogP contribution is -2.15. The van der Waals surface area contributed by atoms with Crippen LogP contribution in [-0.4, -0.2) is 0 Å². The molecule has 0 bridgehead atoms. The predicted octanol–water partition coefficient (Wildman–Crippen LogP) is 6.13. The highest BCUT2D eigenvalue weighted by Crippen LogP contribution is 2.52. The van der Waals surface area contributed by atoms with E-state index in [0.29, 0.717) is 0 Å². The summed E-state index contributed by atoms with van der Waals surface area (Å²) in [6.07, 6.45) is 0. The van der Waals surface area contributed by atoms with Crippen molar-refractivity contribution < 1.29 is 0 Å². The average Bonchev–Trinajstić information content (AvgIpc) is 2.81. The van der Waals surface area contributed by atoms with Gasteiger partial charge < -0.3 is 5.73 Å². The zero-order valence-electron chi connectivity index (χ0n) is 16.1. The average molecular weight is 394 g/mol. The highest BCUT2D eigenvalue weighted by Gasteiger charge is 2.23. The molecular formula is C26H23N2P. The molecular weight excluding hydrogens is 371 g/mol. The number of benzene rings is 4. The second kappa shape index (κ2) is 8.77. The monoisotopic (exact) mass is 394 g/mol. The van der Waals surface area contributed by atoms with Crippen molar-refractivity contribution in [3.05, 3.63) is 133 Å². The Hall–Kier alpha value is -3.35. The summed E-state index contributed by atoms with van der Waals surface area (Å²) >= 11 is 0. The van der Waals surface area contributed by atoms with E-state index in [1.807, 2.05) is 72.8 Å². The second-order valence-electron chi connectivity index (χ2n) is 6.74. The third-order valence-corrected chi connectivity index (χ3v) is 8.13. The molecule has 3 heteroatoms. The van der Waals surface area contributed by atoms with Crippen molar-refractivity contribution in [3.8, 4) is 0 Å². The molecule has 0 aliphatic carbocycles. The van der Waals surface area contributed by atoms with Gasteiger partial charge >= 0.3 is 0 Å². The molecule has 0 radical (unpaired) electrons. The van der Waals surface area contributed by atoms with Crippen molar-refractivity contribution in [3.63, 3.8) is 0 Å².